The Morgan fingerprint density at radius 3 is 0.333 bits per heavy atom. The van der Waals surface area contributed by atoms with Crippen molar-refractivity contribution in [1.29, 1.82) is 0 Å². The molecule has 0 spiro atoms. The Hall–Kier alpha value is 7.96. The van der Waals surface area contributed by atoms with E-state index in [0.717, 1.165) is 0 Å². The van der Waals surface area contributed by atoms with E-state index in [1.165, 1.54) is 0 Å². The second-order valence-corrected chi connectivity index (χ2v) is 6.16. The Labute approximate surface area is 349 Å². The molecule has 27 heteroatoms. The van der Waals surface area contributed by atoms with Gasteiger partial charge in [0.05, 0.1) is 0 Å². The fourth-order valence-corrected chi connectivity index (χ4v) is 0. The Kier molecular flexibility index (Phi) is 93.9. The second kappa shape index (κ2) is 36.1. The molecule has 160 valence electrons. The molecule has 0 aromatic heterocycles. The van der Waals surface area contributed by atoms with Crippen molar-refractivity contribution >= 4 is 258 Å². The predicted octanol–water partition coefficient (Wildman–Crippen LogP) is -5.47. The summed E-state index contributed by atoms with van der Waals surface area (Å²) in [5.41, 5.74) is 0. The molecular formula is H26Ca6O17P4. The Morgan fingerprint density at radius 1 is 0.333 bits per heavy atom. The van der Waals surface area contributed by atoms with Crippen molar-refractivity contribution in [3.8, 4) is 0 Å². The average Bonchev–Trinajstić information content (AvgIpc) is 1.62. The number of hydrogen-bond donors (Lipinski definition) is 12. The average molecular weight is 663 g/mol. The molecule has 0 aromatic carbocycles. The van der Waals surface area contributed by atoms with Crippen LogP contribution in [0.2, 0.25) is 0 Å². The van der Waals surface area contributed by atoms with Gasteiger partial charge in [-0.2, -0.15) is 0 Å². The quantitative estimate of drug-likeness (QED) is 0.0850. The molecule has 0 saturated carbocycles. The molecule has 0 aliphatic carbocycles. The molecule has 0 heterocycles. The van der Waals surface area contributed by atoms with Crippen LogP contribution in [0, 0.1) is 0 Å². The molecule has 0 unspecified atom stereocenters. The van der Waals surface area contributed by atoms with Gasteiger partial charge in [-0.3, -0.25) is 0 Å². The van der Waals surface area contributed by atoms with Crippen LogP contribution in [0.1, 0.15) is 17.1 Å². The topological polar surface area (TPSA) is 343 Å². The summed E-state index contributed by atoms with van der Waals surface area (Å²) in [7, 11) is -18.6. The Morgan fingerprint density at radius 2 is 0.333 bits per heavy atom. The first kappa shape index (κ1) is 70.2. The minimum atomic E-state index is -4.64. The maximum Gasteiger partial charge on any atom is 2.00 e. The van der Waals surface area contributed by atoms with Gasteiger partial charge in [-0.05, 0) is 0 Å². The van der Waals surface area contributed by atoms with Crippen LogP contribution in [-0.4, -0.2) is 291 Å². The van der Waals surface area contributed by atoms with Crippen molar-refractivity contribution in [1.82, 2.24) is 0 Å². The van der Waals surface area contributed by atoms with Gasteiger partial charge in [0, 0.05) is 0 Å². The fourth-order valence-electron chi connectivity index (χ4n) is 0. The van der Waals surface area contributed by atoms with Gasteiger partial charge in [0.15, 0.2) is 0 Å². The summed E-state index contributed by atoms with van der Waals surface area (Å²) in [6, 6.07) is 0. The monoisotopic (exact) mass is 662 g/mol. The summed E-state index contributed by atoms with van der Waals surface area (Å²) in [4.78, 5) is 86.2. The van der Waals surface area contributed by atoms with E-state index < -0.39 is 31.3 Å². The SMILES string of the molecule is O.O=P(O)(O)O.O=P(O)(O)O.O=P(O)(O)O.O=P(O)(O)O.[Ca+2].[Ca+2].[Ca+2].[Ca+2].[Ca+2].[Ca+2].[H-].[H-].[H-].[H-].[H-].[H-].[H-].[H-].[H-].[H-].[H-].[H-]. The van der Waals surface area contributed by atoms with E-state index in [2.05, 4.69) is 0 Å². The van der Waals surface area contributed by atoms with Crippen LogP contribution in [-0.2, 0) is 18.3 Å². The van der Waals surface area contributed by atoms with Gasteiger partial charge in [-0.15, -0.1) is 0 Å². The van der Waals surface area contributed by atoms with Gasteiger partial charge in [0.2, 0.25) is 0 Å². The van der Waals surface area contributed by atoms with E-state index in [4.69, 9.17) is 77.0 Å². The molecule has 17 nitrogen and oxygen atoms in total. The minimum absolute atomic E-state index is 0. The predicted molar refractivity (Wildman–Crippen MR) is 109 cm³/mol. The van der Waals surface area contributed by atoms with Crippen molar-refractivity contribution in [2.45, 2.75) is 0 Å². The van der Waals surface area contributed by atoms with Gasteiger partial charge in [-0.25, -0.2) is 18.3 Å². The standard InChI is InChI=1S/6Ca.4H3O4P.H2O.12H/c;;;;;;4*1-5(2,3)4;;;;;;;;;;;;;/h;;;;;;4*(H3,1,2,3,4);1H2;;;;;;;;;;;;/q6*+2;;;;;;12*-1. The van der Waals surface area contributed by atoms with E-state index in [0.29, 0.717) is 0 Å². The first-order valence-electron chi connectivity index (χ1n) is 3.13. The summed E-state index contributed by atoms with van der Waals surface area (Å²) < 4.78 is 35.5. The maximum absolute atomic E-state index is 8.88. The first-order chi connectivity index (χ1) is 8.00. The molecule has 0 aliphatic heterocycles. The molecule has 0 amide bonds. The van der Waals surface area contributed by atoms with Gasteiger partial charge in [0.25, 0.3) is 0 Å². The number of phosphoric acid groups is 4. The smallest absolute Gasteiger partial charge is 1.00 e. The fraction of sp³-hybridized carbons (Fsp3) is 0. The Bertz CT molecular complexity index is 335. The molecule has 0 rings (SSSR count). The third kappa shape index (κ3) is 548. The Balaban J connectivity index is -0.00000000359. The van der Waals surface area contributed by atoms with Gasteiger partial charge >= 0.3 is 258 Å². The largest absolute Gasteiger partial charge is 2.00 e. The van der Waals surface area contributed by atoms with Crippen LogP contribution in [0.25, 0.3) is 0 Å². The summed E-state index contributed by atoms with van der Waals surface area (Å²) in [6.45, 7) is 0. The molecule has 0 atom stereocenters. The first-order valence-corrected chi connectivity index (χ1v) is 9.39. The maximum atomic E-state index is 8.88. The molecule has 27 heavy (non-hydrogen) atoms. The molecule has 0 aromatic rings. The van der Waals surface area contributed by atoms with Gasteiger partial charge < -0.3 is 81.3 Å². The third-order valence-corrected chi connectivity index (χ3v) is 0. The zero-order chi connectivity index (χ0) is 18.0. The summed E-state index contributed by atoms with van der Waals surface area (Å²) in [6.07, 6.45) is 0. The molecule has 0 radical (unpaired) electrons. The molecule has 14 N–H and O–H groups in total. The van der Waals surface area contributed by atoms with Crippen LogP contribution in [0.15, 0.2) is 0 Å². The van der Waals surface area contributed by atoms with Crippen LogP contribution in [0.3, 0.4) is 0 Å². The zero-order valence-electron chi connectivity index (χ0n) is 25.5. The van der Waals surface area contributed by atoms with Crippen LogP contribution in [0.4, 0.5) is 0 Å². The zero-order valence-corrected chi connectivity index (χ0v) is 30.4. The minimum Gasteiger partial charge on any atom is -1.00 e. The molecule has 0 bridgehead atoms. The van der Waals surface area contributed by atoms with Crippen molar-refractivity contribution in [3.05, 3.63) is 0 Å². The van der Waals surface area contributed by atoms with Crippen LogP contribution in [0.5, 0.6) is 0 Å². The molecule has 0 saturated heterocycles. The van der Waals surface area contributed by atoms with Crippen molar-refractivity contribution in [2.75, 3.05) is 0 Å². The van der Waals surface area contributed by atoms with Crippen LogP contribution >= 0.6 is 31.3 Å². The van der Waals surface area contributed by atoms with Crippen LogP contribution < -0.4 is 0 Å². The van der Waals surface area contributed by atoms with Crippen molar-refractivity contribution < 1.29 is 99.6 Å². The van der Waals surface area contributed by atoms with E-state index in [9.17, 15) is 0 Å². The summed E-state index contributed by atoms with van der Waals surface area (Å²) in [5, 5.41) is 0. The second-order valence-electron chi connectivity index (χ2n) is 2.05. The molecule has 0 aliphatic rings. The van der Waals surface area contributed by atoms with Gasteiger partial charge in [-0.1, -0.05) is 0 Å². The van der Waals surface area contributed by atoms with E-state index in [1.54, 1.807) is 0 Å². The normalized spacial score (nSPS) is 8.74. The van der Waals surface area contributed by atoms with E-state index >= 15 is 0 Å². The third-order valence-electron chi connectivity index (χ3n) is 0. The molecular weight excluding hydrogens is 636 g/mol. The van der Waals surface area contributed by atoms with Gasteiger partial charge in [0.1, 0.15) is 0 Å². The summed E-state index contributed by atoms with van der Waals surface area (Å²) in [5.74, 6) is 0. The van der Waals surface area contributed by atoms with E-state index in [1.807, 2.05) is 0 Å². The number of rotatable bonds is 0. The van der Waals surface area contributed by atoms with Crippen molar-refractivity contribution in [2.24, 2.45) is 0 Å². The van der Waals surface area contributed by atoms with Crippen molar-refractivity contribution in [3.63, 3.8) is 0 Å². The summed E-state index contributed by atoms with van der Waals surface area (Å²) >= 11 is 0. The number of hydrogen-bond acceptors (Lipinski definition) is 4. The van der Waals surface area contributed by atoms with E-state index in [-0.39, 0.29) is 249 Å². The molecule has 0 fully saturated rings.